The van der Waals surface area contributed by atoms with Crippen LogP contribution in [0.2, 0.25) is 5.02 Å². The Morgan fingerprint density at radius 2 is 1.84 bits per heavy atom. The van der Waals surface area contributed by atoms with Gasteiger partial charge in [0, 0.05) is 18.1 Å². The number of ether oxygens (including phenoxy) is 2. The van der Waals surface area contributed by atoms with E-state index < -0.39 is 5.60 Å². The number of halogens is 1. The fourth-order valence-corrected chi connectivity index (χ4v) is 4.62. The average Bonchev–Trinajstić information content (AvgIpc) is 3.38. The molecule has 0 bridgehead atoms. The van der Waals surface area contributed by atoms with Gasteiger partial charge in [0.25, 0.3) is 0 Å². The third-order valence-electron chi connectivity index (χ3n) is 5.75. The number of carbonyl (C=O) groups excluding carboxylic acids is 2. The summed E-state index contributed by atoms with van der Waals surface area (Å²) in [6.07, 6.45) is 1.06. The van der Waals surface area contributed by atoms with E-state index in [9.17, 15) is 9.59 Å². The van der Waals surface area contributed by atoms with E-state index in [-0.39, 0.29) is 24.8 Å². The summed E-state index contributed by atoms with van der Waals surface area (Å²) >= 11 is 6.44. The summed E-state index contributed by atoms with van der Waals surface area (Å²) < 4.78 is 11.1. The van der Waals surface area contributed by atoms with Crippen molar-refractivity contribution in [2.75, 3.05) is 6.54 Å². The molecule has 0 aromatic heterocycles. The van der Waals surface area contributed by atoms with Crippen molar-refractivity contribution in [3.05, 3.63) is 69.7 Å². The van der Waals surface area contributed by atoms with Crippen LogP contribution in [-0.4, -0.2) is 34.1 Å². The smallest absolute Gasteiger partial charge is 0.410 e. The van der Waals surface area contributed by atoms with Crippen molar-refractivity contribution in [3.63, 3.8) is 0 Å². The van der Waals surface area contributed by atoms with Crippen LogP contribution in [0.15, 0.2) is 42.5 Å². The van der Waals surface area contributed by atoms with Gasteiger partial charge in [0.1, 0.15) is 12.2 Å². The second-order valence-corrected chi connectivity index (χ2v) is 9.80. The molecule has 0 saturated carbocycles. The number of likely N-dealkylation sites (tertiary alicyclic amines) is 1. The Hall–Kier alpha value is -2.73. The van der Waals surface area contributed by atoms with Crippen molar-refractivity contribution >= 4 is 23.8 Å². The Balaban J connectivity index is 1.50. The van der Waals surface area contributed by atoms with E-state index >= 15 is 0 Å². The van der Waals surface area contributed by atoms with Crippen LogP contribution < -0.4 is 0 Å². The van der Waals surface area contributed by atoms with Gasteiger partial charge in [-0.25, -0.2) is 9.59 Å². The number of carbonyl (C=O) groups is 2. The van der Waals surface area contributed by atoms with Crippen molar-refractivity contribution in [1.29, 1.82) is 0 Å². The van der Waals surface area contributed by atoms with Gasteiger partial charge in [-0.05, 0) is 68.0 Å². The summed E-state index contributed by atoms with van der Waals surface area (Å²) in [5.41, 5.74) is 3.43. The lowest BCUT2D eigenvalue weighted by Gasteiger charge is -2.30. The van der Waals surface area contributed by atoms with E-state index in [1.165, 1.54) is 0 Å². The van der Waals surface area contributed by atoms with Gasteiger partial charge < -0.3 is 14.4 Å². The maximum atomic E-state index is 12.8. The van der Waals surface area contributed by atoms with Gasteiger partial charge in [-0.3, -0.25) is 4.90 Å². The molecule has 1 fully saturated rings. The van der Waals surface area contributed by atoms with Crippen LogP contribution in [0.4, 0.5) is 9.59 Å². The Morgan fingerprint density at radius 3 is 2.56 bits per heavy atom. The minimum absolute atomic E-state index is 0.113. The van der Waals surface area contributed by atoms with Crippen LogP contribution in [0.5, 0.6) is 0 Å². The van der Waals surface area contributed by atoms with Gasteiger partial charge in [-0.15, -0.1) is 0 Å². The summed E-state index contributed by atoms with van der Waals surface area (Å²) in [5, 5.41) is 0.606. The molecule has 2 aromatic carbocycles. The summed E-state index contributed by atoms with van der Waals surface area (Å²) in [7, 11) is 0. The summed E-state index contributed by atoms with van der Waals surface area (Å²) in [4.78, 5) is 29.0. The summed E-state index contributed by atoms with van der Waals surface area (Å²) in [6.45, 7) is 7.35. The van der Waals surface area contributed by atoms with E-state index in [4.69, 9.17) is 21.1 Å². The van der Waals surface area contributed by atoms with E-state index in [2.05, 4.69) is 0 Å². The largest absolute Gasteiger partial charge is 0.445 e. The highest BCUT2D eigenvalue weighted by Crippen LogP contribution is 2.40. The molecule has 2 heterocycles. The standard InChI is InChI=1S/C25H29ClN2O4/c1-25(2,3)32-24(30)28-11-7-10-22(28)20-13-19(26)12-18-14-27(15-21(18)20)23(29)31-16-17-8-5-4-6-9-17/h4-6,8-9,12-13,22H,7,10-11,14-16H2,1-3H3. The molecule has 6 nitrogen and oxygen atoms in total. The maximum Gasteiger partial charge on any atom is 0.410 e. The molecule has 0 aliphatic carbocycles. The topological polar surface area (TPSA) is 59.1 Å². The van der Waals surface area contributed by atoms with Crippen molar-refractivity contribution in [1.82, 2.24) is 9.80 Å². The molecule has 2 aliphatic rings. The van der Waals surface area contributed by atoms with E-state index in [0.29, 0.717) is 24.7 Å². The van der Waals surface area contributed by atoms with E-state index in [0.717, 1.165) is 35.1 Å². The molecule has 7 heteroatoms. The molecule has 1 saturated heterocycles. The van der Waals surface area contributed by atoms with Crippen molar-refractivity contribution in [2.45, 2.75) is 65.0 Å². The summed E-state index contributed by atoms with van der Waals surface area (Å²) in [5.74, 6) is 0. The Morgan fingerprint density at radius 1 is 1.09 bits per heavy atom. The number of benzene rings is 2. The monoisotopic (exact) mass is 456 g/mol. The highest BCUT2D eigenvalue weighted by molar-refractivity contribution is 6.30. The number of nitrogens with zero attached hydrogens (tertiary/aromatic N) is 2. The molecular formula is C25H29ClN2O4. The third-order valence-corrected chi connectivity index (χ3v) is 5.97. The lowest BCUT2D eigenvalue weighted by atomic mass is 9.96. The van der Waals surface area contributed by atoms with Crippen LogP contribution >= 0.6 is 11.6 Å². The second-order valence-electron chi connectivity index (χ2n) is 9.36. The van der Waals surface area contributed by atoms with Crippen LogP contribution in [0.3, 0.4) is 0 Å². The highest BCUT2D eigenvalue weighted by Gasteiger charge is 2.37. The van der Waals surface area contributed by atoms with E-state index in [1.807, 2.05) is 63.2 Å². The number of hydrogen-bond acceptors (Lipinski definition) is 4. The van der Waals surface area contributed by atoms with Gasteiger partial charge in [0.05, 0.1) is 12.6 Å². The van der Waals surface area contributed by atoms with E-state index in [1.54, 1.807) is 9.80 Å². The zero-order chi connectivity index (χ0) is 22.9. The quantitative estimate of drug-likeness (QED) is 0.562. The SMILES string of the molecule is CC(C)(C)OC(=O)N1CCCC1c1cc(Cl)cc2c1CN(C(=O)OCc1ccccc1)C2. The molecule has 0 radical (unpaired) electrons. The zero-order valence-corrected chi connectivity index (χ0v) is 19.5. The van der Waals surface area contributed by atoms with Crippen LogP contribution in [0, 0.1) is 0 Å². The van der Waals surface area contributed by atoms with Gasteiger partial charge in [0.2, 0.25) is 0 Å². The molecule has 170 valence electrons. The Bertz CT molecular complexity index is 1000. The first-order valence-corrected chi connectivity index (χ1v) is 11.4. The molecule has 0 spiro atoms. The first-order chi connectivity index (χ1) is 15.2. The van der Waals surface area contributed by atoms with Crippen LogP contribution in [0.1, 0.15) is 61.9 Å². The van der Waals surface area contributed by atoms with Gasteiger partial charge in [0.15, 0.2) is 0 Å². The van der Waals surface area contributed by atoms with Crippen molar-refractivity contribution < 1.29 is 19.1 Å². The number of amides is 2. The first kappa shape index (κ1) is 22.5. The molecular weight excluding hydrogens is 428 g/mol. The van der Waals surface area contributed by atoms with Crippen molar-refractivity contribution in [2.24, 2.45) is 0 Å². The van der Waals surface area contributed by atoms with Crippen LogP contribution in [0.25, 0.3) is 0 Å². The highest BCUT2D eigenvalue weighted by atomic mass is 35.5. The number of rotatable bonds is 3. The summed E-state index contributed by atoms with van der Waals surface area (Å²) in [6, 6.07) is 13.3. The van der Waals surface area contributed by atoms with Crippen molar-refractivity contribution in [3.8, 4) is 0 Å². The lowest BCUT2D eigenvalue weighted by Crippen LogP contribution is -2.36. The molecule has 2 amide bonds. The Kier molecular flexibility index (Phi) is 6.33. The molecule has 2 aromatic rings. The third kappa shape index (κ3) is 5.01. The fourth-order valence-electron chi connectivity index (χ4n) is 4.37. The minimum atomic E-state index is -0.556. The zero-order valence-electron chi connectivity index (χ0n) is 18.8. The molecule has 4 rings (SSSR count). The predicted octanol–water partition coefficient (Wildman–Crippen LogP) is 6.06. The molecule has 0 N–H and O–H groups in total. The molecule has 1 atom stereocenters. The lowest BCUT2D eigenvalue weighted by molar-refractivity contribution is 0.0223. The predicted molar refractivity (Wildman–Crippen MR) is 122 cm³/mol. The van der Waals surface area contributed by atoms with Gasteiger partial charge >= 0.3 is 12.2 Å². The maximum absolute atomic E-state index is 12.8. The van der Waals surface area contributed by atoms with Crippen LogP contribution in [-0.2, 0) is 29.2 Å². The number of fused-ring (bicyclic) bond motifs is 1. The Labute approximate surface area is 194 Å². The number of hydrogen-bond donors (Lipinski definition) is 0. The minimum Gasteiger partial charge on any atom is -0.445 e. The molecule has 1 unspecified atom stereocenters. The average molecular weight is 457 g/mol. The normalized spacial score (nSPS) is 17.9. The fraction of sp³-hybridized carbons (Fsp3) is 0.440. The first-order valence-electron chi connectivity index (χ1n) is 11.0. The van der Waals surface area contributed by atoms with Gasteiger partial charge in [-0.1, -0.05) is 41.9 Å². The molecule has 2 aliphatic heterocycles. The molecule has 32 heavy (non-hydrogen) atoms. The van der Waals surface area contributed by atoms with Gasteiger partial charge in [-0.2, -0.15) is 0 Å². The second kappa shape index (κ2) is 9.02.